The van der Waals surface area contributed by atoms with Gasteiger partial charge in [0.05, 0.1) is 32.6 Å². The number of ether oxygens (including phenoxy) is 2. The summed E-state index contributed by atoms with van der Waals surface area (Å²) in [5.41, 5.74) is 3.52. The third-order valence-corrected chi connectivity index (χ3v) is 5.37. The van der Waals surface area contributed by atoms with Crippen molar-refractivity contribution >= 4 is 0 Å². The second-order valence-electron chi connectivity index (χ2n) is 7.21. The Morgan fingerprint density at radius 3 is 2.69 bits per heavy atom. The van der Waals surface area contributed by atoms with E-state index in [-0.39, 0.29) is 6.04 Å². The Balaban J connectivity index is 1.43. The van der Waals surface area contributed by atoms with Crippen LogP contribution < -0.4 is 10.1 Å². The molecule has 1 atom stereocenters. The molecule has 0 spiro atoms. The van der Waals surface area contributed by atoms with Gasteiger partial charge in [-0.25, -0.2) is 0 Å². The van der Waals surface area contributed by atoms with Gasteiger partial charge in [-0.2, -0.15) is 0 Å². The normalized spacial score (nSPS) is 15.9. The third-order valence-electron chi connectivity index (χ3n) is 5.37. The number of morpholine rings is 1. The standard InChI is InChI=1S/C24H28N2O3/c1-27-23-9-3-2-8-21(23)20-7-4-6-19(16-20)17-25-18-22(24-10-5-13-29-24)26-11-14-28-15-12-26/h2-10,13,16,22,25H,11-12,14-15,17-18H2,1H3. The number of nitrogens with zero attached hydrogens (tertiary/aromatic N) is 1. The first-order chi connectivity index (χ1) is 14.3. The van der Waals surface area contributed by atoms with Crippen molar-refractivity contribution in [3.05, 3.63) is 78.3 Å². The Morgan fingerprint density at radius 1 is 1.03 bits per heavy atom. The number of hydrogen-bond acceptors (Lipinski definition) is 5. The Labute approximate surface area is 172 Å². The quantitative estimate of drug-likeness (QED) is 0.625. The van der Waals surface area contributed by atoms with Gasteiger partial charge in [0.2, 0.25) is 0 Å². The molecule has 4 rings (SSSR count). The van der Waals surface area contributed by atoms with Crippen molar-refractivity contribution in [2.45, 2.75) is 12.6 Å². The summed E-state index contributed by atoms with van der Waals surface area (Å²) in [5.74, 6) is 1.89. The Bertz CT molecular complexity index is 889. The molecule has 2 aromatic carbocycles. The lowest BCUT2D eigenvalue weighted by Gasteiger charge is -2.33. The van der Waals surface area contributed by atoms with E-state index in [4.69, 9.17) is 13.9 Å². The molecule has 29 heavy (non-hydrogen) atoms. The summed E-state index contributed by atoms with van der Waals surface area (Å²) < 4.78 is 16.7. The summed E-state index contributed by atoms with van der Waals surface area (Å²) in [6, 6.07) is 21.0. The van der Waals surface area contributed by atoms with Gasteiger partial charge in [0.25, 0.3) is 0 Å². The van der Waals surface area contributed by atoms with Crippen molar-refractivity contribution in [2.75, 3.05) is 40.0 Å². The second-order valence-corrected chi connectivity index (χ2v) is 7.21. The molecule has 5 heteroatoms. The van der Waals surface area contributed by atoms with E-state index in [1.54, 1.807) is 13.4 Å². The third kappa shape index (κ3) is 4.88. The van der Waals surface area contributed by atoms with Crippen LogP contribution in [0.5, 0.6) is 5.75 Å². The lowest BCUT2D eigenvalue weighted by Crippen LogP contribution is -2.42. The van der Waals surface area contributed by atoms with Crippen molar-refractivity contribution in [1.82, 2.24) is 10.2 Å². The van der Waals surface area contributed by atoms with E-state index in [0.717, 1.165) is 62.0 Å². The molecule has 152 valence electrons. The van der Waals surface area contributed by atoms with Crippen LogP contribution in [0.25, 0.3) is 11.1 Å². The molecule has 1 saturated heterocycles. The maximum absolute atomic E-state index is 5.72. The average molecular weight is 392 g/mol. The predicted octanol–water partition coefficient (Wildman–Crippen LogP) is 4.12. The smallest absolute Gasteiger partial charge is 0.126 e. The minimum Gasteiger partial charge on any atom is -0.496 e. The van der Waals surface area contributed by atoms with Gasteiger partial charge in [-0.05, 0) is 35.4 Å². The molecular weight excluding hydrogens is 364 g/mol. The van der Waals surface area contributed by atoms with Gasteiger partial charge >= 0.3 is 0 Å². The van der Waals surface area contributed by atoms with Gasteiger partial charge in [0.15, 0.2) is 0 Å². The fourth-order valence-electron chi connectivity index (χ4n) is 3.86. The molecule has 0 bridgehead atoms. The van der Waals surface area contributed by atoms with Crippen molar-refractivity contribution < 1.29 is 13.9 Å². The van der Waals surface area contributed by atoms with Crippen LogP contribution in [0.4, 0.5) is 0 Å². The minimum atomic E-state index is 0.214. The van der Waals surface area contributed by atoms with Crippen LogP contribution in [0.2, 0.25) is 0 Å². The van der Waals surface area contributed by atoms with Crippen molar-refractivity contribution in [2.24, 2.45) is 0 Å². The van der Waals surface area contributed by atoms with Gasteiger partial charge in [0.1, 0.15) is 11.5 Å². The molecule has 1 aliphatic rings. The fourth-order valence-corrected chi connectivity index (χ4v) is 3.86. The molecule has 5 nitrogen and oxygen atoms in total. The summed E-state index contributed by atoms with van der Waals surface area (Å²) in [5, 5.41) is 3.62. The lowest BCUT2D eigenvalue weighted by molar-refractivity contribution is 0.0116. The molecule has 1 N–H and O–H groups in total. The number of para-hydroxylation sites is 1. The van der Waals surface area contributed by atoms with E-state index >= 15 is 0 Å². The molecule has 1 unspecified atom stereocenters. The van der Waals surface area contributed by atoms with Crippen LogP contribution in [0.15, 0.2) is 71.3 Å². The highest BCUT2D eigenvalue weighted by molar-refractivity contribution is 5.70. The van der Waals surface area contributed by atoms with Crippen molar-refractivity contribution in [3.8, 4) is 16.9 Å². The summed E-state index contributed by atoms with van der Waals surface area (Å²) in [6.07, 6.45) is 1.75. The summed E-state index contributed by atoms with van der Waals surface area (Å²) in [7, 11) is 1.71. The number of benzene rings is 2. The molecule has 0 amide bonds. The summed E-state index contributed by atoms with van der Waals surface area (Å²) >= 11 is 0. The predicted molar refractivity (Wildman–Crippen MR) is 114 cm³/mol. The van der Waals surface area contributed by atoms with E-state index < -0.39 is 0 Å². The summed E-state index contributed by atoms with van der Waals surface area (Å²) in [6.45, 7) is 5.03. The van der Waals surface area contributed by atoms with Crippen molar-refractivity contribution in [3.63, 3.8) is 0 Å². The first-order valence-electron chi connectivity index (χ1n) is 10.1. The molecule has 1 aliphatic heterocycles. The van der Waals surface area contributed by atoms with Crippen LogP contribution in [0, 0.1) is 0 Å². The highest BCUT2D eigenvalue weighted by Crippen LogP contribution is 2.30. The van der Waals surface area contributed by atoms with E-state index in [1.807, 2.05) is 24.3 Å². The lowest BCUT2D eigenvalue weighted by atomic mass is 10.0. The highest BCUT2D eigenvalue weighted by atomic mass is 16.5. The first kappa shape index (κ1) is 19.7. The number of hydrogen-bond donors (Lipinski definition) is 1. The van der Waals surface area contributed by atoms with Crippen LogP contribution in [-0.2, 0) is 11.3 Å². The van der Waals surface area contributed by atoms with Gasteiger partial charge < -0.3 is 19.2 Å². The van der Waals surface area contributed by atoms with Crippen LogP contribution in [-0.4, -0.2) is 44.9 Å². The van der Waals surface area contributed by atoms with E-state index in [1.165, 1.54) is 5.56 Å². The van der Waals surface area contributed by atoms with Gasteiger partial charge in [-0.3, -0.25) is 4.90 Å². The fraction of sp³-hybridized carbons (Fsp3) is 0.333. The van der Waals surface area contributed by atoms with Crippen LogP contribution in [0.1, 0.15) is 17.4 Å². The molecule has 1 fully saturated rings. The zero-order valence-corrected chi connectivity index (χ0v) is 16.8. The van der Waals surface area contributed by atoms with Gasteiger partial charge in [-0.15, -0.1) is 0 Å². The Hall–Kier alpha value is -2.60. The number of furan rings is 1. The summed E-state index contributed by atoms with van der Waals surface area (Å²) in [4.78, 5) is 2.43. The van der Waals surface area contributed by atoms with Gasteiger partial charge in [-0.1, -0.05) is 36.4 Å². The molecular formula is C24H28N2O3. The van der Waals surface area contributed by atoms with E-state index in [9.17, 15) is 0 Å². The number of rotatable bonds is 8. The largest absolute Gasteiger partial charge is 0.496 e. The zero-order chi connectivity index (χ0) is 19.9. The van der Waals surface area contributed by atoms with Crippen LogP contribution >= 0.6 is 0 Å². The van der Waals surface area contributed by atoms with Crippen LogP contribution in [0.3, 0.4) is 0 Å². The molecule has 1 aromatic heterocycles. The molecule has 2 heterocycles. The monoisotopic (exact) mass is 392 g/mol. The zero-order valence-electron chi connectivity index (χ0n) is 16.8. The minimum absolute atomic E-state index is 0.214. The van der Waals surface area contributed by atoms with E-state index in [0.29, 0.717) is 0 Å². The molecule has 0 radical (unpaired) electrons. The highest BCUT2D eigenvalue weighted by Gasteiger charge is 2.24. The van der Waals surface area contributed by atoms with E-state index in [2.05, 4.69) is 46.6 Å². The molecule has 0 aliphatic carbocycles. The first-order valence-corrected chi connectivity index (χ1v) is 10.1. The second kappa shape index (κ2) is 9.74. The maximum Gasteiger partial charge on any atom is 0.126 e. The Kier molecular flexibility index (Phi) is 6.62. The molecule has 3 aromatic rings. The number of nitrogens with one attached hydrogen (secondary N) is 1. The molecule has 0 saturated carbocycles. The average Bonchev–Trinajstić information content (AvgIpc) is 3.32. The topological polar surface area (TPSA) is 46.9 Å². The van der Waals surface area contributed by atoms with Gasteiger partial charge in [0, 0.05) is 31.7 Å². The Morgan fingerprint density at radius 2 is 1.90 bits per heavy atom. The maximum atomic E-state index is 5.72. The number of methoxy groups -OCH3 is 1. The van der Waals surface area contributed by atoms with Crippen molar-refractivity contribution in [1.29, 1.82) is 0 Å². The SMILES string of the molecule is COc1ccccc1-c1cccc(CNCC(c2ccco2)N2CCOCC2)c1.